The van der Waals surface area contributed by atoms with Crippen molar-refractivity contribution in [3.05, 3.63) is 0 Å². The summed E-state index contributed by atoms with van der Waals surface area (Å²) in [6.45, 7) is -3.86. The Hall–Kier alpha value is -1.53. The molecule has 13 N–H and O–H groups in total. The summed E-state index contributed by atoms with van der Waals surface area (Å²) < 4.78 is 73.4. The molecule has 6 rings (SSSR count). The minimum absolute atomic E-state index is 0.120. The molecule has 6 fully saturated rings. The number of carbonyl (C=O) groups is 1. The Bertz CT molecular complexity index is 1420. The molecule has 0 bridgehead atoms. The Morgan fingerprint density at radius 2 is 0.812 bits per heavy atom. The van der Waals surface area contributed by atoms with Gasteiger partial charge >= 0.3 is 5.97 Å². The van der Waals surface area contributed by atoms with Crippen LogP contribution in [-0.4, -0.2) is 273 Å². The predicted octanol–water partition coefficient (Wildman–Crippen LogP) is -8.51. The molecule has 6 aliphatic heterocycles. The zero-order chi connectivity index (χ0) is 46.4. The smallest absolute Gasteiger partial charge is 0.305 e. The summed E-state index contributed by atoms with van der Waals surface area (Å²) in [6.07, 6.45) is -34.4. The third kappa shape index (κ3) is 11.7. The van der Waals surface area contributed by atoms with Crippen molar-refractivity contribution in [1.82, 2.24) is 0 Å². The third-order valence-corrected chi connectivity index (χ3v) is 11.8. The SMILES string of the molecule is COC(=O)CCCCCO[C@H]1O[C@H](CO[C@H]2O[C@H](CO[C@H]3O[C@H](CO)[C@@H](O)[C@@H]3O[C@@H]3O[C@H](CO)[C@@H](O)[C@@H]3O)[C@@H](O[C@H]3O[C@H](CO)[C@@H](O)[C@@H]3O[C@@H]3O[C@H](CO)[C@@H](O)[C@@H]3O)[C@@H]2O)[C@@H](O)[C@@H]1O. The zero-order valence-corrected chi connectivity index (χ0v) is 34.7. The second-order valence-electron chi connectivity index (χ2n) is 16.1. The minimum Gasteiger partial charge on any atom is -0.469 e. The minimum atomic E-state index is -1.77. The van der Waals surface area contributed by atoms with E-state index in [1.54, 1.807) is 0 Å². The van der Waals surface area contributed by atoms with E-state index < -0.39 is 187 Å². The van der Waals surface area contributed by atoms with Crippen molar-refractivity contribution >= 4 is 5.97 Å². The van der Waals surface area contributed by atoms with Gasteiger partial charge in [-0.25, -0.2) is 0 Å². The summed E-state index contributed by atoms with van der Waals surface area (Å²) in [6, 6.07) is 0. The number of unbranched alkanes of at least 4 members (excludes halogenated alkanes) is 2. The first-order valence-electron chi connectivity index (χ1n) is 21.0. The van der Waals surface area contributed by atoms with Gasteiger partial charge in [0.25, 0.3) is 0 Å². The molecule has 0 saturated carbocycles. The van der Waals surface area contributed by atoms with Crippen LogP contribution < -0.4 is 0 Å². The van der Waals surface area contributed by atoms with Gasteiger partial charge in [-0.1, -0.05) is 6.42 Å². The molecule has 0 aliphatic carbocycles. The van der Waals surface area contributed by atoms with Crippen LogP contribution in [0.2, 0.25) is 0 Å². The van der Waals surface area contributed by atoms with Crippen molar-refractivity contribution < 1.29 is 133 Å². The standard InChI is InChI=1S/C37H62O27/c1-52-19(42)5-3-2-4-6-53-32-25(48)22(45)17(60-32)11-54-33-28(51)29(62-37-31(24(47)16(10-41)59-37)64-35-27(50)21(44)14(8-39)57-35)18(61-33)12-55-36-30(23(46)15(9-40)58-36)63-34-26(49)20(43)13(7-38)56-34/h13-18,20-41,43-51H,2-12H2,1H3/t13-,14-,15-,16-,17-,18-,20-,21-,22-,23-,24-,25+,26+,27+,28+,29-,30+,31+,32+,33+,34+,35+,36+,37-/m1/s1. The lowest BCUT2D eigenvalue weighted by Gasteiger charge is -2.30. The normalized spacial score (nSPS) is 47.0. The summed E-state index contributed by atoms with van der Waals surface area (Å²) in [7, 11) is 1.29. The number of methoxy groups -OCH3 is 1. The van der Waals surface area contributed by atoms with Gasteiger partial charge in [0.05, 0.1) is 46.8 Å². The number of hydrogen-bond donors (Lipinski definition) is 13. The number of rotatable bonds is 23. The summed E-state index contributed by atoms with van der Waals surface area (Å²) in [4.78, 5) is 11.3. The lowest BCUT2D eigenvalue weighted by Crippen LogP contribution is -2.48. The van der Waals surface area contributed by atoms with E-state index in [0.29, 0.717) is 19.3 Å². The van der Waals surface area contributed by atoms with Gasteiger partial charge in [-0.3, -0.25) is 4.79 Å². The molecule has 0 spiro atoms. The van der Waals surface area contributed by atoms with Gasteiger partial charge in [0.1, 0.15) is 110 Å². The Kier molecular flexibility index (Phi) is 19.2. The number of hydrogen-bond acceptors (Lipinski definition) is 27. The topological polar surface area (TPSA) is 400 Å². The summed E-state index contributed by atoms with van der Waals surface area (Å²) >= 11 is 0. The molecule has 24 atom stereocenters. The van der Waals surface area contributed by atoms with E-state index in [2.05, 4.69) is 4.74 Å². The number of carbonyl (C=O) groups excluding carboxylic acids is 1. The summed E-state index contributed by atoms with van der Waals surface area (Å²) in [5.74, 6) is -0.350. The van der Waals surface area contributed by atoms with Crippen LogP contribution in [0.15, 0.2) is 0 Å². The van der Waals surface area contributed by atoms with Crippen LogP contribution in [0.25, 0.3) is 0 Å². The molecular formula is C37H62O27. The van der Waals surface area contributed by atoms with E-state index >= 15 is 0 Å². The van der Waals surface area contributed by atoms with Crippen molar-refractivity contribution in [2.75, 3.05) is 53.4 Å². The van der Waals surface area contributed by atoms with Gasteiger partial charge in [-0.05, 0) is 12.8 Å². The van der Waals surface area contributed by atoms with Crippen LogP contribution in [0.4, 0.5) is 0 Å². The van der Waals surface area contributed by atoms with E-state index in [9.17, 15) is 71.2 Å². The fourth-order valence-corrected chi connectivity index (χ4v) is 8.02. The Labute approximate surface area is 365 Å². The van der Waals surface area contributed by atoms with Gasteiger partial charge < -0.3 is 128 Å². The number of aliphatic hydroxyl groups is 13. The average Bonchev–Trinajstić information content (AvgIpc) is 4.08. The molecule has 27 nitrogen and oxygen atoms in total. The molecule has 27 heteroatoms. The van der Waals surface area contributed by atoms with Gasteiger partial charge in [0, 0.05) is 13.0 Å². The molecule has 0 amide bonds. The third-order valence-electron chi connectivity index (χ3n) is 11.8. The van der Waals surface area contributed by atoms with E-state index in [1.807, 2.05) is 0 Å². The maximum absolute atomic E-state index is 11.6. The van der Waals surface area contributed by atoms with E-state index in [-0.39, 0.29) is 19.0 Å². The van der Waals surface area contributed by atoms with Crippen LogP contribution in [0.1, 0.15) is 25.7 Å². The van der Waals surface area contributed by atoms with Crippen molar-refractivity contribution in [1.29, 1.82) is 0 Å². The number of aliphatic hydroxyl groups excluding tert-OH is 13. The van der Waals surface area contributed by atoms with Gasteiger partial charge in [0.15, 0.2) is 37.7 Å². The molecule has 0 aromatic heterocycles. The largest absolute Gasteiger partial charge is 0.469 e. The Morgan fingerprint density at radius 3 is 1.36 bits per heavy atom. The van der Waals surface area contributed by atoms with Crippen molar-refractivity contribution in [2.24, 2.45) is 0 Å². The van der Waals surface area contributed by atoms with Gasteiger partial charge in [0.2, 0.25) is 0 Å². The predicted molar refractivity (Wildman–Crippen MR) is 197 cm³/mol. The first-order chi connectivity index (χ1) is 30.6. The van der Waals surface area contributed by atoms with Crippen molar-refractivity contribution in [2.45, 2.75) is 173 Å². The highest BCUT2D eigenvalue weighted by Gasteiger charge is 2.56. The highest BCUT2D eigenvalue weighted by atomic mass is 16.8. The summed E-state index contributed by atoms with van der Waals surface area (Å²) in [5.41, 5.74) is 0. The molecule has 0 aromatic rings. The molecule has 64 heavy (non-hydrogen) atoms. The number of ether oxygens (including phenoxy) is 13. The molecular weight excluding hydrogens is 876 g/mol. The highest BCUT2D eigenvalue weighted by Crippen LogP contribution is 2.36. The van der Waals surface area contributed by atoms with Crippen molar-refractivity contribution in [3.8, 4) is 0 Å². The quantitative estimate of drug-likeness (QED) is 0.0334. The first-order valence-corrected chi connectivity index (χ1v) is 21.0. The lowest BCUT2D eigenvalue weighted by atomic mass is 10.1. The van der Waals surface area contributed by atoms with Gasteiger partial charge in [-0.2, -0.15) is 0 Å². The zero-order valence-electron chi connectivity index (χ0n) is 34.7. The van der Waals surface area contributed by atoms with Crippen LogP contribution in [0.3, 0.4) is 0 Å². The fraction of sp³-hybridized carbons (Fsp3) is 0.973. The molecule has 0 aromatic carbocycles. The Morgan fingerprint density at radius 1 is 0.406 bits per heavy atom. The first kappa shape index (κ1) is 51.9. The Balaban J connectivity index is 1.14. The van der Waals surface area contributed by atoms with E-state index in [0.717, 1.165) is 0 Å². The van der Waals surface area contributed by atoms with E-state index in [4.69, 9.17) is 56.8 Å². The molecule has 6 aliphatic rings. The van der Waals surface area contributed by atoms with Crippen LogP contribution in [0, 0.1) is 0 Å². The molecule has 6 heterocycles. The van der Waals surface area contributed by atoms with Gasteiger partial charge in [-0.15, -0.1) is 0 Å². The van der Waals surface area contributed by atoms with Crippen LogP contribution in [0.5, 0.6) is 0 Å². The maximum Gasteiger partial charge on any atom is 0.305 e. The second-order valence-corrected chi connectivity index (χ2v) is 16.1. The lowest BCUT2D eigenvalue weighted by molar-refractivity contribution is -0.270. The van der Waals surface area contributed by atoms with Crippen LogP contribution in [-0.2, 0) is 66.4 Å². The molecule has 0 radical (unpaired) electrons. The molecule has 372 valence electrons. The summed E-state index contributed by atoms with van der Waals surface area (Å²) in [5, 5.41) is 135. The average molecular weight is 939 g/mol. The highest BCUT2D eigenvalue weighted by molar-refractivity contribution is 5.68. The van der Waals surface area contributed by atoms with Crippen molar-refractivity contribution in [3.63, 3.8) is 0 Å². The molecule has 0 unspecified atom stereocenters. The van der Waals surface area contributed by atoms with Crippen LogP contribution >= 0.6 is 0 Å². The second kappa shape index (κ2) is 23.7. The maximum atomic E-state index is 11.6. The van der Waals surface area contributed by atoms with E-state index in [1.165, 1.54) is 7.11 Å². The number of esters is 1. The monoisotopic (exact) mass is 938 g/mol. The fourth-order valence-electron chi connectivity index (χ4n) is 8.02. The molecule has 6 saturated heterocycles.